The molecule has 0 saturated carbocycles. The third kappa shape index (κ3) is 4.00. The van der Waals surface area contributed by atoms with E-state index in [9.17, 15) is 0 Å². The number of aryl methyl sites for hydroxylation is 2. The fraction of sp³-hybridized carbons (Fsp3) is 0.231. The van der Waals surface area contributed by atoms with Gasteiger partial charge in [0.25, 0.3) is 0 Å². The maximum absolute atomic E-state index is 5.83. The minimum absolute atomic E-state index is 0.0163. The van der Waals surface area contributed by atoms with Crippen LogP contribution in [-0.2, 0) is 6.54 Å². The van der Waals surface area contributed by atoms with Gasteiger partial charge in [0.2, 0.25) is 0 Å². The molecule has 0 aliphatic carbocycles. The minimum Gasteiger partial charge on any atom is -0.352 e. The molecule has 0 bridgehead atoms. The molecular weight excluding hydrogens is 428 g/mol. The molecule has 166 valence electrons. The van der Waals surface area contributed by atoms with E-state index in [-0.39, 0.29) is 12.1 Å². The molecule has 0 spiro atoms. The van der Waals surface area contributed by atoms with Gasteiger partial charge in [0, 0.05) is 42.7 Å². The zero-order chi connectivity index (χ0) is 22.9. The van der Waals surface area contributed by atoms with Gasteiger partial charge in [0.05, 0.1) is 17.8 Å². The second-order valence-corrected chi connectivity index (χ2v) is 8.86. The van der Waals surface area contributed by atoms with Crippen molar-refractivity contribution in [3.8, 4) is 5.82 Å². The summed E-state index contributed by atoms with van der Waals surface area (Å²) in [6.45, 7) is 7.04. The van der Waals surface area contributed by atoms with Crippen molar-refractivity contribution in [1.29, 1.82) is 0 Å². The predicted molar refractivity (Wildman–Crippen MR) is 133 cm³/mol. The lowest BCUT2D eigenvalue weighted by Crippen LogP contribution is -2.29. The molecule has 1 saturated heterocycles. The molecule has 1 N–H and O–H groups in total. The Morgan fingerprint density at radius 3 is 2.58 bits per heavy atom. The van der Waals surface area contributed by atoms with Gasteiger partial charge in [0.1, 0.15) is 5.82 Å². The zero-order valence-electron chi connectivity index (χ0n) is 18.9. The monoisotopic (exact) mass is 454 g/mol. The van der Waals surface area contributed by atoms with Crippen LogP contribution in [-0.4, -0.2) is 29.5 Å². The van der Waals surface area contributed by atoms with Crippen LogP contribution in [0.25, 0.3) is 5.82 Å². The number of nitrogens with one attached hydrogen (secondary N) is 1. The Morgan fingerprint density at radius 1 is 0.970 bits per heavy atom. The number of pyridine rings is 3. The molecular formula is C26H26N6S. The van der Waals surface area contributed by atoms with E-state index in [0.717, 1.165) is 33.6 Å². The van der Waals surface area contributed by atoms with Gasteiger partial charge in [0.15, 0.2) is 5.11 Å². The molecule has 7 heteroatoms. The summed E-state index contributed by atoms with van der Waals surface area (Å²) in [6, 6.07) is 16.4. The van der Waals surface area contributed by atoms with Crippen molar-refractivity contribution in [2.45, 2.75) is 39.4 Å². The molecule has 33 heavy (non-hydrogen) atoms. The van der Waals surface area contributed by atoms with Gasteiger partial charge in [-0.1, -0.05) is 12.1 Å². The van der Waals surface area contributed by atoms with Crippen molar-refractivity contribution in [3.05, 3.63) is 107 Å². The lowest BCUT2D eigenvalue weighted by Gasteiger charge is -2.28. The Balaban J connectivity index is 1.62. The second kappa shape index (κ2) is 8.75. The summed E-state index contributed by atoms with van der Waals surface area (Å²) in [6.07, 6.45) is 7.39. The Morgan fingerprint density at radius 2 is 1.85 bits per heavy atom. The Bertz CT molecular complexity index is 1280. The molecule has 0 aromatic carbocycles. The van der Waals surface area contributed by atoms with Gasteiger partial charge in [-0.2, -0.15) is 0 Å². The van der Waals surface area contributed by atoms with E-state index in [1.807, 2.05) is 42.9 Å². The highest BCUT2D eigenvalue weighted by Gasteiger charge is 2.41. The summed E-state index contributed by atoms with van der Waals surface area (Å²) in [5, 5.41) is 4.26. The summed E-state index contributed by atoms with van der Waals surface area (Å²) < 4.78 is 2.22. The summed E-state index contributed by atoms with van der Waals surface area (Å²) in [5.74, 6) is 0.929. The average molecular weight is 455 g/mol. The number of hydrogen-bond acceptors (Lipinski definition) is 4. The summed E-state index contributed by atoms with van der Waals surface area (Å²) in [4.78, 5) is 15.8. The lowest BCUT2D eigenvalue weighted by atomic mass is 9.96. The molecule has 1 fully saturated rings. The number of nitrogens with zero attached hydrogens (tertiary/aromatic N) is 5. The third-order valence-corrected chi connectivity index (χ3v) is 6.54. The van der Waals surface area contributed by atoms with Crippen molar-refractivity contribution in [1.82, 2.24) is 29.7 Å². The van der Waals surface area contributed by atoms with Crippen LogP contribution in [0.3, 0.4) is 0 Å². The van der Waals surface area contributed by atoms with Crippen LogP contribution in [0.5, 0.6) is 0 Å². The standard InChI is InChI=1S/C26H26N6S/c1-17-9-12-29-23(13-17)32-18(2)14-21(19(32)3)25-24(22-8-4-5-11-28-22)30-26(33)31(25)16-20-7-6-10-27-15-20/h4-15,24-25H,16H2,1-3H3,(H,30,33)/t24-,25-/m1/s1. The Hall–Kier alpha value is -3.58. The molecule has 0 amide bonds. The molecule has 4 aromatic rings. The second-order valence-electron chi connectivity index (χ2n) is 8.47. The maximum atomic E-state index is 5.83. The highest BCUT2D eigenvalue weighted by atomic mass is 32.1. The highest BCUT2D eigenvalue weighted by Crippen LogP contribution is 2.42. The molecule has 1 aliphatic heterocycles. The smallest absolute Gasteiger partial charge is 0.170 e. The van der Waals surface area contributed by atoms with E-state index in [1.165, 1.54) is 11.1 Å². The van der Waals surface area contributed by atoms with E-state index in [1.54, 1.807) is 6.20 Å². The quantitative estimate of drug-likeness (QED) is 0.439. The first-order chi connectivity index (χ1) is 16.0. The van der Waals surface area contributed by atoms with Gasteiger partial charge in [-0.25, -0.2) is 4.98 Å². The van der Waals surface area contributed by atoms with Crippen molar-refractivity contribution in [3.63, 3.8) is 0 Å². The van der Waals surface area contributed by atoms with Crippen LogP contribution in [0.2, 0.25) is 0 Å². The average Bonchev–Trinajstić information content (AvgIpc) is 3.30. The van der Waals surface area contributed by atoms with Gasteiger partial charge < -0.3 is 14.8 Å². The third-order valence-electron chi connectivity index (χ3n) is 6.19. The van der Waals surface area contributed by atoms with Crippen LogP contribution in [0.15, 0.2) is 73.3 Å². The number of thiocarbonyl (C=S) groups is 1. The van der Waals surface area contributed by atoms with Crippen LogP contribution in [0.4, 0.5) is 0 Å². The lowest BCUT2D eigenvalue weighted by molar-refractivity contribution is 0.310. The van der Waals surface area contributed by atoms with Crippen LogP contribution < -0.4 is 5.32 Å². The number of rotatable bonds is 5. The van der Waals surface area contributed by atoms with Crippen molar-refractivity contribution < 1.29 is 0 Å². The van der Waals surface area contributed by atoms with Crippen LogP contribution >= 0.6 is 12.2 Å². The van der Waals surface area contributed by atoms with E-state index < -0.39 is 0 Å². The fourth-order valence-electron chi connectivity index (χ4n) is 4.68. The largest absolute Gasteiger partial charge is 0.352 e. The molecule has 0 radical (unpaired) electrons. The SMILES string of the molecule is Cc1ccnc(-n2c(C)cc([C@@H]3[C@@H](c4ccccn4)NC(=S)N3Cc3cccnc3)c2C)c1. The van der Waals surface area contributed by atoms with Crippen molar-refractivity contribution in [2.24, 2.45) is 0 Å². The van der Waals surface area contributed by atoms with E-state index in [2.05, 4.69) is 74.8 Å². The molecule has 4 aromatic heterocycles. The number of hydrogen-bond donors (Lipinski definition) is 1. The first-order valence-electron chi connectivity index (χ1n) is 11.0. The topological polar surface area (TPSA) is 58.9 Å². The molecule has 2 atom stereocenters. The maximum Gasteiger partial charge on any atom is 0.170 e. The molecule has 5 heterocycles. The molecule has 6 nitrogen and oxygen atoms in total. The first kappa shape index (κ1) is 21.3. The minimum atomic E-state index is -0.0604. The zero-order valence-corrected chi connectivity index (χ0v) is 19.8. The van der Waals surface area contributed by atoms with Crippen molar-refractivity contribution >= 4 is 17.3 Å². The summed E-state index contributed by atoms with van der Waals surface area (Å²) >= 11 is 5.83. The van der Waals surface area contributed by atoms with Crippen LogP contribution in [0, 0.1) is 20.8 Å². The molecule has 0 unspecified atom stereocenters. The summed E-state index contributed by atoms with van der Waals surface area (Å²) in [5.41, 5.74) is 6.77. The molecule has 5 rings (SSSR count). The highest BCUT2D eigenvalue weighted by molar-refractivity contribution is 7.80. The van der Waals surface area contributed by atoms with E-state index >= 15 is 0 Å². The van der Waals surface area contributed by atoms with Crippen molar-refractivity contribution in [2.75, 3.05) is 0 Å². The Kier molecular flexibility index (Phi) is 5.64. The Labute approximate surface area is 199 Å². The van der Waals surface area contributed by atoms with Gasteiger partial charge >= 0.3 is 0 Å². The van der Waals surface area contributed by atoms with Gasteiger partial charge in [-0.05, 0) is 86.1 Å². The van der Waals surface area contributed by atoms with Gasteiger partial charge in [-0.15, -0.1) is 0 Å². The van der Waals surface area contributed by atoms with Gasteiger partial charge in [-0.3, -0.25) is 9.97 Å². The van der Waals surface area contributed by atoms with E-state index in [0.29, 0.717) is 6.54 Å². The predicted octanol–water partition coefficient (Wildman–Crippen LogP) is 4.76. The normalized spacial score (nSPS) is 17.9. The van der Waals surface area contributed by atoms with Crippen LogP contribution in [0.1, 0.15) is 45.9 Å². The fourth-order valence-corrected chi connectivity index (χ4v) is 4.99. The number of aromatic nitrogens is 4. The van der Waals surface area contributed by atoms with E-state index in [4.69, 9.17) is 12.2 Å². The summed E-state index contributed by atoms with van der Waals surface area (Å²) in [7, 11) is 0. The first-order valence-corrected chi connectivity index (χ1v) is 11.4. The molecule has 1 aliphatic rings.